The standard InChI is InChI=1S/C12H9Cl2FN4O2S2/c1-19-6(3-23(20)21)8(14)10(18-19)7-5(15)2-4(13)9-11(7)22-12(16)17-9/h2,23H,3H2,1H3,(H2,16,17). The van der Waals surface area contributed by atoms with E-state index in [2.05, 4.69) is 10.1 Å². The lowest BCUT2D eigenvalue weighted by molar-refractivity contribution is 0.610. The monoisotopic (exact) mass is 394 g/mol. The van der Waals surface area contributed by atoms with E-state index in [1.807, 2.05) is 0 Å². The van der Waals surface area contributed by atoms with E-state index in [0.717, 1.165) is 17.4 Å². The number of hydrogen-bond donors (Lipinski definition) is 2. The molecule has 0 aliphatic rings. The average molecular weight is 395 g/mol. The fourth-order valence-electron chi connectivity index (χ4n) is 2.24. The predicted octanol–water partition coefficient (Wildman–Crippen LogP) is 2.84. The van der Waals surface area contributed by atoms with E-state index in [0.29, 0.717) is 10.2 Å². The minimum Gasteiger partial charge on any atom is -0.375 e. The minimum atomic E-state index is -2.70. The summed E-state index contributed by atoms with van der Waals surface area (Å²) >= 11 is 13.3. The van der Waals surface area contributed by atoms with Crippen molar-refractivity contribution in [3.8, 4) is 11.3 Å². The molecule has 0 radical (unpaired) electrons. The van der Waals surface area contributed by atoms with Crippen LogP contribution in [0.3, 0.4) is 0 Å². The van der Waals surface area contributed by atoms with Gasteiger partial charge in [-0.25, -0.2) is 17.8 Å². The fourth-order valence-corrected chi connectivity index (χ4v) is 4.44. The quantitative estimate of drug-likeness (QED) is 0.666. The van der Waals surface area contributed by atoms with E-state index in [1.165, 1.54) is 11.7 Å². The SMILES string of the molecule is Cn1nc(-c2c(F)cc(Cl)c3nc(N)sc23)c(Cl)c1C[SH](=O)=O. The number of thiol groups is 1. The molecule has 2 N–H and O–H groups in total. The van der Waals surface area contributed by atoms with Gasteiger partial charge in [0.25, 0.3) is 0 Å². The zero-order chi connectivity index (χ0) is 16.9. The van der Waals surface area contributed by atoms with Gasteiger partial charge in [-0.15, -0.1) is 0 Å². The average Bonchev–Trinajstić information content (AvgIpc) is 2.95. The smallest absolute Gasteiger partial charge is 0.181 e. The topological polar surface area (TPSA) is 90.9 Å². The number of benzene rings is 1. The number of halogens is 3. The van der Waals surface area contributed by atoms with Crippen molar-refractivity contribution in [2.75, 3.05) is 5.73 Å². The summed E-state index contributed by atoms with van der Waals surface area (Å²) in [5.74, 6) is -0.926. The van der Waals surface area contributed by atoms with Gasteiger partial charge in [-0.2, -0.15) is 5.10 Å². The van der Waals surface area contributed by atoms with Gasteiger partial charge in [0, 0.05) is 7.05 Å². The highest BCUT2D eigenvalue weighted by Gasteiger charge is 2.24. The first-order valence-electron chi connectivity index (χ1n) is 6.17. The maximum absolute atomic E-state index is 14.5. The number of hydrogen-bond acceptors (Lipinski definition) is 6. The van der Waals surface area contributed by atoms with E-state index < -0.39 is 16.5 Å². The largest absolute Gasteiger partial charge is 0.375 e. The molecule has 0 fully saturated rings. The van der Waals surface area contributed by atoms with E-state index in [1.54, 1.807) is 0 Å². The number of fused-ring (bicyclic) bond motifs is 1. The van der Waals surface area contributed by atoms with Crippen LogP contribution in [0, 0.1) is 5.82 Å². The van der Waals surface area contributed by atoms with Crippen LogP contribution in [0.4, 0.5) is 9.52 Å². The Morgan fingerprint density at radius 2 is 2.13 bits per heavy atom. The Bertz CT molecular complexity index is 1000. The lowest BCUT2D eigenvalue weighted by Crippen LogP contribution is -1.99. The first-order chi connectivity index (χ1) is 10.8. The van der Waals surface area contributed by atoms with Gasteiger partial charge in [-0.1, -0.05) is 34.5 Å². The molecule has 0 amide bonds. The van der Waals surface area contributed by atoms with Crippen LogP contribution in [0.5, 0.6) is 0 Å². The molecular weight excluding hydrogens is 386 g/mol. The van der Waals surface area contributed by atoms with Crippen LogP contribution in [0.25, 0.3) is 21.5 Å². The van der Waals surface area contributed by atoms with E-state index in [9.17, 15) is 12.8 Å². The summed E-state index contributed by atoms with van der Waals surface area (Å²) in [7, 11) is -1.16. The number of anilines is 1. The highest BCUT2D eigenvalue weighted by Crippen LogP contribution is 2.42. The van der Waals surface area contributed by atoms with Crippen LogP contribution in [0.15, 0.2) is 6.07 Å². The van der Waals surface area contributed by atoms with Crippen molar-refractivity contribution in [3.63, 3.8) is 0 Å². The van der Waals surface area contributed by atoms with Gasteiger partial charge in [0.2, 0.25) is 0 Å². The highest BCUT2D eigenvalue weighted by molar-refractivity contribution is 7.71. The molecule has 3 rings (SSSR count). The van der Waals surface area contributed by atoms with Crippen molar-refractivity contribution in [2.45, 2.75) is 5.75 Å². The Morgan fingerprint density at radius 1 is 1.43 bits per heavy atom. The summed E-state index contributed by atoms with van der Waals surface area (Å²) in [6, 6.07) is 1.11. The van der Waals surface area contributed by atoms with Crippen LogP contribution in [0.2, 0.25) is 10.0 Å². The molecule has 0 spiro atoms. The number of rotatable bonds is 3. The van der Waals surface area contributed by atoms with E-state index in [4.69, 9.17) is 28.9 Å². The number of nitrogen functional groups attached to an aromatic ring is 1. The van der Waals surface area contributed by atoms with Crippen LogP contribution in [-0.4, -0.2) is 23.2 Å². The molecule has 6 nitrogen and oxygen atoms in total. The molecule has 0 saturated carbocycles. The fraction of sp³-hybridized carbons (Fsp3) is 0.167. The summed E-state index contributed by atoms with van der Waals surface area (Å²) in [4.78, 5) is 4.07. The minimum absolute atomic E-state index is 0.0705. The van der Waals surface area contributed by atoms with Crippen LogP contribution < -0.4 is 5.73 Å². The number of nitrogens with zero attached hydrogens (tertiary/aromatic N) is 3. The van der Waals surface area contributed by atoms with Gasteiger partial charge in [0.05, 0.1) is 31.8 Å². The summed E-state index contributed by atoms with van der Waals surface area (Å²) in [6.45, 7) is 0. The van der Waals surface area contributed by atoms with Gasteiger partial charge >= 0.3 is 0 Å². The maximum atomic E-state index is 14.5. The molecule has 3 aromatic rings. The predicted molar refractivity (Wildman–Crippen MR) is 90.2 cm³/mol. The summed E-state index contributed by atoms with van der Waals surface area (Å²) in [5.41, 5.74) is 6.54. The Labute approximate surface area is 145 Å². The first kappa shape index (κ1) is 16.4. The molecule has 0 aliphatic heterocycles. The molecule has 0 bridgehead atoms. The molecule has 0 saturated heterocycles. The molecule has 2 heterocycles. The van der Waals surface area contributed by atoms with Crippen LogP contribution >= 0.6 is 34.5 Å². The third kappa shape index (κ3) is 2.78. The second-order valence-corrected chi connectivity index (χ2v) is 7.47. The Morgan fingerprint density at radius 3 is 2.78 bits per heavy atom. The molecule has 11 heteroatoms. The maximum Gasteiger partial charge on any atom is 0.181 e. The molecule has 0 unspecified atom stereocenters. The van der Waals surface area contributed by atoms with Gasteiger partial charge in [0.15, 0.2) is 5.13 Å². The Balaban J connectivity index is 2.33. The van der Waals surface area contributed by atoms with Crippen molar-refractivity contribution in [1.82, 2.24) is 14.8 Å². The number of aryl methyl sites for hydroxylation is 1. The lowest BCUT2D eigenvalue weighted by atomic mass is 10.1. The zero-order valence-corrected chi connectivity index (χ0v) is 14.7. The number of aromatic nitrogens is 3. The van der Waals surface area contributed by atoms with Gasteiger partial charge < -0.3 is 5.73 Å². The summed E-state index contributed by atoms with van der Waals surface area (Å²) in [5, 5.41) is 4.58. The first-order valence-corrected chi connectivity index (χ1v) is 9.10. The molecule has 23 heavy (non-hydrogen) atoms. The summed E-state index contributed by atoms with van der Waals surface area (Å²) in [6.07, 6.45) is 0. The molecule has 0 atom stereocenters. The Hall–Kier alpha value is -1.42. The van der Waals surface area contributed by atoms with Crippen molar-refractivity contribution >= 4 is 60.6 Å². The van der Waals surface area contributed by atoms with Crippen molar-refractivity contribution in [3.05, 3.63) is 27.6 Å². The van der Waals surface area contributed by atoms with Gasteiger partial charge in [0.1, 0.15) is 27.7 Å². The zero-order valence-electron chi connectivity index (χ0n) is 11.5. The van der Waals surface area contributed by atoms with E-state index in [-0.39, 0.29) is 37.9 Å². The second kappa shape index (κ2) is 5.90. The molecule has 122 valence electrons. The van der Waals surface area contributed by atoms with Crippen molar-refractivity contribution in [2.24, 2.45) is 7.05 Å². The van der Waals surface area contributed by atoms with Crippen LogP contribution in [-0.2, 0) is 23.5 Å². The second-order valence-electron chi connectivity index (χ2n) is 4.67. The summed E-state index contributed by atoms with van der Waals surface area (Å²) < 4.78 is 38.1. The third-order valence-corrected chi connectivity index (χ3v) is 5.35. The molecular formula is C12H9Cl2FN4O2S2. The van der Waals surface area contributed by atoms with Gasteiger partial charge in [-0.3, -0.25) is 4.68 Å². The third-order valence-electron chi connectivity index (χ3n) is 3.21. The lowest BCUT2D eigenvalue weighted by Gasteiger charge is -2.03. The molecule has 2 aromatic heterocycles. The van der Waals surface area contributed by atoms with Crippen molar-refractivity contribution in [1.29, 1.82) is 0 Å². The molecule has 0 aliphatic carbocycles. The Kier molecular flexibility index (Phi) is 4.21. The normalized spacial score (nSPS) is 11.7. The van der Waals surface area contributed by atoms with E-state index >= 15 is 0 Å². The number of thiazole rings is 1. The van der Waals surface area contributed by atoms with Crippen molar-refractivity contribution < 1.29 is 12.8 Å². The van der Waals surface area contributed by atoms with Crippen LogP contribution in [0.1, 0.15) is 5.69 Å². The van der Waals surface area contributed by atoms with Gasteiger partial charge in [-0.05, 0) is 6.07 Å². The molecule has 1 aromatic carbocycles. The number of nitrogens with two attached hydrogens (primary N) is 1. The highest BCUT2D eigenvalue weighted by atomic mass is 35.5.